The Bertz CT molecular complexity index is 640. The number of rotatable bonds is 2. The summed E-state index contributed by atoms with van der Waals surface area (Å²) in [4.78, 5) is 28.1. The van der Waals surface area contributed by atoms with Gasteiger partial charge < -0.3 is 15.1 Å². The van der Waals surface area contributed by atoms with E-state index in [1.54, 1.807) is 29.2 Å². The van der Waals surface area contributed by atoms with Crippen molar-refractivity contribution in [3.63, 3.8) is 0 Å². The fraction of sp³-hybridized carbons (Fsp3) is 0.471. The lowest BCUT2D eigenvalue weighted by molar-refractivity contribution is -0.139. The molecule has 0 aromatic heterocycles. The Morgan fingerprint density at radius 3 is 2.43 bits per heavy atom. The zero-order chi connectivity index (χ0) is 16.2. The number of anilines is 1. The predicted molar refractivity (Wildman–Crippen MR) is 85.7 cm³/mol. The summed E-state index contributed by atoms with van der Waals surface area (Å²) in [6.07, 6.45) is 3.17. The average molecular weight is 312 g/mol. The van der Waals surface area contributed by atoms with Crippen LogP contribution in [0.5, 0.6) is 0 Å². The van der Waals surface area contributed by atoms with E-state index in [2.05, 4.69) is 11.4 Å². The molecule has 23 heavy (non-hydrogen) atoms. The number of hydrogen-bond acceptors (Lipinski definition) is 3. The summed E-state index contributed by atoms with van der Waals surface area (Å²) in [6.45, 7) is 2.28. The van der Waals surface area contributed by atoms with Crippen LogP contribution in [0.3, 0.4) is 0 Å². The molecule has 0 bridgehead atoms. The third-order valence-corrected chi connectivity index (χ3v) is 4.58. The maximum absolute atomic E-state index is 12.3. The Morgan fingerprint density at radius 2 is 1.83 bits per heavy atom. The molecule has 0 spiro atoms. The zero-order valence-electron chi connectivity index (χ0n) is 13.0. The molecule has 6 heteroatoms. The molecule has 0 radical (unpaired) electrons. The Kier molecular flexibility index (Phi) is 4.47. The molecule has 3 amide bonds. The number of urea groups is 1. The van der Waals surface area contributed by atoms with Crippen molar-refractivity contribution in [3.8, 4) is 6.07 Å². The second kappa shape index (κ2) is 6.69. The van der Waals surface area contributed by atoms with Gasteiger partial charge in [-0.05, 0) is 31.0 Å². The summed E-state index contributed by atoms with van der Waals surface area (Å²) in [5, 5.41) is 11.7. The van der Waals surface area contributed by atoms with Crippen LogP contribution in [0.15, 0.2) is 24.3 Å². The fourth-order valence-corrected chi connectivity index (χ4v) is 2.91. The number of amides is 3. The van der Waals surface area contributed by atoms with Crippen molar-refractivity contribution in [1.82, 2.24) is 9.80 Å². The van der Waals surface area contributed by atoms with Gasteiger partial charge in [0, 0.05) is 37.8 Å². The molecule has 1 saturated carbocycles. The predicted octanol–water partition coefficient (Wildman–Crippen LogP) is 2.03. The third-order valence-electron chi connectivity index (χ3n) is 4.58. The maximum Gasteiger partial charge on any atom is 0.321 e. The lowest BCUT2D eigenvalue weighted by Crippen LogP contribution is -2.53. The number of benzene rings is 1. The number of carbonyl (C=O) groups excluding carboxylic acids is 2. The number of carbonyl (C=O) groups is 2. The normalized spacial score (nSPS) is 18.0. The molecule has 120 valence electrons. The van der Waals surface area contributed by atoms with Gasteiger partial charge in [-0.15, -0.1) is 0 Å². The molecule has 2 aliphatic rings. The molecule has 3 rings (SSSR count). The van der Waals surface area contributed by atoms with E-state index >= 15 is 0 Å². The summed E-state index contributed by atoms with van der Waals surface area (Å²) in [5.74, 6) is 0.460. The van der Waals surface area contributed by atoms with E-state index in [9.17, 15) is 9.59 Å². The monoisotopic (exact) mass is 312 g/mol. The van der Waals surface area contributed by atoms with Gasteiger partial charge in [-0.1, -0.05) is 12.5 Å². The van der Waals surface area contributed by atoms with Gasteiger partial charge in [0.05, 0.1) is 11.6 Å². The first kappa shape index (κ1) is 15.3. The Hall–Kier alpha value is -2.55. The highest BCUT2D eigenvalue weighted by Crippen LogP contribution is 2.28. The lowest BCUT2D eigenvalue weighted by atomic mass is 9.84. The van der Waals surface area contributed by atoms with E-state index in [4.69, 9.17) is 5.26 Å². The van der Waals surface area contributed by atoms with Crippen molar-refractivity contribution in [2.45, 2.75) is 19.3 Å². The van der Waals surface area contributed by atoms with E-state index in [0.29, 0.717) is 37.4 Å². The highest BCUT2D eigenvalue weighted by Gasteiger charge is 2.31. The first-order valence-corrected chi connectivity index (χ1v) is 8.02. The zero-order valence-corrected chi connectivity index (χ0v) is 13.0. The summed E-state index contributed by atoms with van der Waals surface area (Å²) < 4.78 is 0. The topological polar surface area (TPSA) is 76.4 Å². The third kappa shape index (κ3) is 3.45. The van der Waals surface area contributed by atoms with Crippen LogP contribution in [0.1, 0.15) is 24.8 Å². The molecule has 0 atom stereocenters. The Labute approximate surface area is 135 Å². The maximum atomic E-state index is 12.3. The number of piperazine rings is 1. The van der Waals surface area contributed by atoms with Gasteiger partial charge in [-0.2, -0.15) is 5.26 Å². The standard InChI is InChI=1S/C17H20N4O2/c18-12-13-3-1-6-15(11-13)19-17(23)21-9-7-20(8-10-21)16(22)14-4-2-5-14/h1,3,6,11,14H,2,4-5,7-10H2,(H,19,23). The number of nitriles is 1. The molecule has 1 aromatic rings. The molecule has 0 unspecified atom stereocenters. The molecule has 1 saturated heterocycles. The average Bonchev–Trinajstić information content (AvgIpc) is 2.53. The Balaban J connectivity index is 1.51. The van der Waals surface area contributed by atoms with Crippen LogP contribution in [-0.2, 0) is 4.79 Å². The first-order chi connectivity index (χ1) is 11.2. The molecule has 1 N–H and O–H groups in total. The fourth-order valence-electron chi connectivity index (χ4n) is 2.91. The van der Waals surface area contributed by atoms with Gasteiger partial charge in [0.2, 0.25) is 5.91 Å². The minimum atomic E-state index is -0.184. The smallest absolute Gasteiger partial charge is 0.321 e. The van der Waals surface area contributed by atoms with Gasteiger partial charge >= 0.3 is 6.03 Å². The van der Waals surface area contributed by atoms with E-state index in [1.165, 1.54) is 0 Å². The van der Waals surface area contributed by atoms with Gasteiger partial charge in [-0.25, -0.2) is 4.79 Å². The van der Waals surface area contributed by atoms with Gasteiger partial charge in [0.25, 0.3) is 0 Å². The number of nitrogens with zero attached hydrogens (tertiary/aromatic N) is 3. The molecular weight excluding hydrogens is 292 g/mol. The van der Waals surface area contributed by atoms with Gasteiger partial charge in [0.15, 0.2) is 0 Å². The van der Waals surface area contributed by atoms with Crippen LogP contribution in [0.4, 0.5) is 10.5 Å². The highest BCUT2D eigenvalue weighted by molar-refractivity contribution is 5.89. The highest BCUT2D eigenvalue weighted by atomic mass is 16.2. The second-order valence-electron chi connectivity index (χ2n) is 6.06. The molecule has 1 aliphatic carbocycles. The molecule has 1 aromatic carbocycles. The van der Waals surface area contributed by atoms with E-state index < -0.39 is 0 Å². The molecule has 6 nitrogen and oxygen atoms in total. The minimum absolute atomic E-state index is 0.184. The van der Waals surface area contributed by atoms with Crippen molar-refractivity contribution in [3.05, 3.63) is 29.8 Å². The van der Waals surface area contributed by atoms with Crippen LogP contribution >= 0.6 is 0 Å². The van der Waals surface area contributed by atoms with Crippen molar-refractivity contribution in [2.24, 2.45) is 5.92 Å². The van der Waals surface area contributed by atoms with Crippen LogP contribution < -0.4 is 5.32 Å². The van der Waals surface area contributed by atoms with Crippen molar-refractivity contribution in [2.75, 3.05) is 31.5 Å². The van der Waals surface area contributed by atoms with Crippen molar-refractivity contribution < 1.29 is 9.59 Å². The van der Waals surface area contributed by atoms with Crippen molar-refractivity contribution >= 4 is 17.6 Å². The molecule has 1 heterocycles. The summed E-state index contributed by atoms with van der Waals surface area (Å²) in [6, 6.07) is 8.71. The first-order valence-electron chi connectivity index (χ1n) is 8.02. The van der Waals surface area contributed by atoms with E-state index in [1.807, 2.05) is 4.90 Å². The number of hydrogen-bond donors (Lipinski definition) is 1. The Morgan fingerprint density at radius 1 is 1.13 bits per heavy atom. The van der Waals surface area contributed by atoms with Crippen LogP contribution in [0.2, 0.25) is 0 Å². The quantitative estimate of drug-likeness (QED) is 0.908. The summed E-state index contributed by atoms with van der Waals surface area (Å²) >= 11 is 0. The largest absolute Gasteiger partial charge is 0.339 e. The minimum Gasteiger partial charge on any atom is -0.339 e. The summed E-state index contributed by atoms with van der Waals surface area (Å²) in [5.41, 5.74) is 1.13. The van der Waals surface area contributed by atoms with Crippen molar-refractivity contribution in [1.29, 1.82) is 5.26 Å². The van der Waals surface area contributed by atoms with Gasteiger partial charge in [0.1, 0.15) is 0 Å². The number of nitrogens with one attached hydrogen (secondary N) is 1. The second-order valence-corrected chi connectivity index (χ2v) is 6.06. The lowest BCUT2D eigenvalue weighted by Gasteiger charge is -2.38. The van der Waals surface area contributed by atoms with Crippen LogP contribution in [0, 0.1) is 17.2 Å². The van der Waals surface area contributed by atoms with E-state index in [0.717, 1.165) is 19.3 Å². The van der Waals surface area contributed by atoms with Gasteiger partial charge in [-0.3, -0.25) is 4.79 Å². The summed E-state index contributed by atoms with van der Waals surface area (Å²) in [7, 11) is 0. The van der Waals surface area contributed by atoms with Crippen LogP contribution in [-0.4, -0.2) is 47.9 Å². The van der Waals surface area contributed by atoms with E-state index in [-0.39, 0.29) is 17.9 Å². The molecule has 1 aliphatic heterocycles. The SMILES string of the molecule is N#Cc1cccc(NC(=O)N2CCN(C(=O)C3CCC3)CC2)c1. The van der Waals surface area contributed by atoms with Crippen LogP contribution in [0.25, 0.3) is 0 Å². The molecular formula is C17H20N4O2. The molecule has 2 fully saturated rings.